The molecule has 1 aromatic heterocycles. The van der Waals surface area contributed by atoms with Gasteiger partial charge in [-0.1, -0.05) is 0 Å². The van der Waals surface area contributed by atoms with E-state index in [1.807, 2.05) is 26.0 Å². The molecular weight excluding hydrogens is 256 g/mol. The monoisotopic (exact) mass is 274 g/mol. The highest BCUT2D eigenvalue weighted by molar-refractivity contribution is 5.90. The number of benzene rings is 1. The largest absolute Gasteiger partial charge is 0.423 e. The van der Waals surface area contributed by atoms with Crippen molar-refractivity contribution in [2.24, 2.45) is 5.73 Å². The number of aromatic nitrogens is 2. The number of hydrogen-bond donors (Lipinski definition) is 2. The van der Waals surface area contributed by atoms with E-state index in [-0.39, 0.29) is 11.4 Å². The molecule has 0 bridgehead atoms. The van der Waals surface area contributed by atoms with E-state index in [1.165, 1.54) is 6.39 Å². The van der Waals surface area contributed by atoms with Gasteiger partial charge in [-0.3, -0.25) is 4.79 Å². The van der Waals surface area contributed by atoms with E-state index in [0.29, 0.717) is 18.7 Å². The molecule has 0 unspecified atom stereocenters. The van der Waals surface area contributed by atoms with Crippen molar-refractivity contribution in [1.29, 1.82) is 0 Å². The van der Waals surface area contributed by atoms with Gasteiger partial charge >= 0.3 is 0 Å². The molecule has 0 atom stereocenters. The highest BCUT2D eigenvalue weighted by Crippen LogP contribution is 2.19. The first-order valence-corrected chi connectivity index (χ1v) is 6.39. The lowest BCUT2D eigenvalue weighted by Gasteiger charge is -2.17. The maximum Gasteiger partial charge on any atom is 0.247 e. The molecule has 106 valence electrons. The van der Waals surface area contributed by atoms with Gasteiger partial charge in [-0.15, -0.1) is 10.2 Å². The zero-order chi connectivity index (χ0) is 14.6. The predicted octanol–water partition coefficient (Wildman–Crippen LogP) is 2.19. The first-order chi connectivity index (χ1) is 9.44. The van der Waals surface area contributed by atoms with Gasteiger partial charge in [0.25, 0.3) is 0 Å². The summed E-state index contributed by atoms with van der Waals surface area (Å²) in [7, 11) is 0. The lowest BCUT2D eigenvalue weighted by atomic mass is 10.00. The average molecular weight is 274 g/mol. The van der Waals surface area contributed by atoms with E-state index < -0.39 is 0 Å². The Bertz CT molecular complexity index is 556. The van der Waals surface area contributed by atoms with Gasteiger partial charge in [0.05, 0.1) is 0 Å². The fourth-order valence-corrected chi connectivity index (χ4v) is 1.65. The van der Waals surface area contributed by atoms with Crippen molar-refractivity contribution < 1.29 is 9.21 Å². The Morgan fingerprint density at radius 1 is 1.35 bits per heavy atom. The normalized spacial score (nSPS) is 11.3. The lowest BCUT2D eigenvalue weighted by Crippen LogP contribution is -2.33. The molecule has 3 N–H and O–H groups in total. The van der Waals surface area contributed by atoms with Crippen molar-refractivity contribution in [3.63, 3.8) is 0 Å². The van der Waals surface area contributed by atoms with E-state index in [0.717, 1.165) is 11.3 Å². The molecule has 6 heteroatoms. The Morgan fingerprint density at radius 2 is 2.05 bits per heavy atom. The number of nitrogens with two attached hydrogens (primary N) is 1. The summed E-state index contributed by atoms with van der Waals surface area (Å²) in [4.78, 5) is 11.8. The maximum atomic E-state index is 11.8. The Hall–Kier alpha value is -2.21. The molecule has 0 aliphatic carbocycles. The predicted molar refractivity (Wildman–Crippen MR) is 75.9 cm³/mol. The van der Waals surface area contributed by atoms with Crippen molar-refractivity contribution in [3.8, 4) is 11.5 Å². The van der Waals surface area contributed by atoms with Crippen LogP contribution in [0, 0.1) is 0 Å². The van der Waals surface area contributed by atoms with Crippen LogP contribution in [0.25, 0.3) is 11.5 Å². The minimum atomic E-state index is -0.334. The molecule has 0 aliphatic heterocycles. The molecule has 0 radical (unpaired) electrons. The summed E-state index contributed by atoms with van der Waals surface area (Å²) in [5, 5.41) is 10.3. The smallest absolute Gasteiger partial charge is 0.247 e. The van der Waals surface area contributed by atoms with Gasteiger partial charge in [0.15, 0.2) is 0 Å². The fraction of sp³-hybridized carbons (Fsp3) is 0.357. The third-order valence-electron chi connectivity index (χ3n) is 2.77. The SMILES string of the molecule is CC(C)(N)CCC(=O)Nc1ccc(-c2nnco2)cc1. The molecule has 0 aliphatic rings. The number of hydrogen-bond acceptors (Lipinski definition) is 5. The summed E-state index contributed by atoms with van der Waals surface area (Å²) in [6.45, 7) is 3.80. The number of nitrogens with zero attached hydrogens (tertiary/aromatic N) is 2. The van der Waals surface area contributed by atoms with Crippen LogP contribution in [0.4, 0.5) is 5.69 Å². The van der Waals surface area contributed by atoms with Gasteiger partial charge in [-0.05, 0) is 44.5 Å². The zero-order valence-electron chi connectivity index (χ0n) is 11.6. The molecule has 2 rings (SSSR count). The van der Waals surface area contributed by atoms with Gasteiger partial charge < -0.3 is 15.5 Å². The van der Waals surface area contributed by atoms with E-state index >= 15 is 0 Å². The van der Waals surface area contributed by atoms with E-state index in [2.05, 4.69) is 15.5 Å². The first-order valence-electron chi connectivity index (χ1n) is 6.39. The lowest BCUT2D eigenvalue weighted by molar-refractivity contribution is -0.116. The summed E-state index contributed by atoms with van der Waals surface area (Å²) < 4.78 is 5.09. The number of amides is 1. The van der Waals surface area contributed by atoms with Crippen LogP contribution < -0.4 is 11.1 Å². The Kier molecular flexibility index (Phi) is 4.14. The van der Waals surface area contributed by atoms with E-state index in [1.54, 1.807) is 12.1 Å². The molecule has 1 amide bonds. The molecule has 0 spiro atoms. The van der Waals surface area contributed by atoms with Gasteiger partial charge in [-0.25, -0.2) is 0 Å². The molecule has 6 nitrogen and oxygen atoms in total. The molecule has 0 fully saturated rings. The van der Waals surface area contributed by atoms with E-state index in [9.17, 15) is 4.79 Å². The van der Waals surface area contributed by atoms with Crippen LogP contribution in [0.5, 0.6) is 0 Å². The van der Waals surface area contributed by atoms with Crippen molar-refractivity contribution in [3.05, 3.63) is 30.7 Å². The summed E-state index contributed by atoms with van der Waals surface area (Å²) in [6, 6.07) is 7.22. The standard InChI is InChI=1S/C14H18N4O2/c1-14(2,15)8-7-12(19)17-11-5-3-10(4-6-11)13-18-16-9-20-13/h3-6,9H,7-8,15H2,1-2H3,(H,17,19). The van der Waals surface area contributed by atoms with Gasteiger partial charge in [-0.2, -0.15) is 0 Å². The summed E-state index contributed by atoms with van der Waals surface area (Å²) in [5.74, 6) is 0.404. The van der Waals surface area contributed by atoms with E-state index in [4.69, 9.17) is 10.2 Å². The second kappa shape index (κ2) is 5.83. The van der Waals surface area contributed by atoms with Crippen LogP contribution in [0.15, 0.2) is 35.1 Å². The number of anilines is 1. The molecule has 1 aromatic carbocycles. The second-order valence-electron chi connectivity index (χ2n) is 5.36. The topological polar surface area (TPSA) is 94.0 Å². The summed E-state index contributed by atoms with van der Waals surface area (Å²) in [6.07, 6.45) is 2.31. The van der Waals surface area contributed by atoms with Crippen molar-refractivity contribution in [2.75, 3.05) is 5.32 Å². The van der Waals surface area contributed by atoms with Gasteiger partial charge in [0.2, 0.25) is 18.2 Å². The molecule has 20 heavy (non-hydrogen) atoms. The Morgan fingerprint density at radius 3 is 2.60 bits per heavy atom. The zero-order valence-corrected chi connectivity index (χ0v) is 11.6. The van der Waals surface area contributed by atoms with Gasteiger partial charge in [0, 0.05) is 23.2 Å². The Labute approximate surface area is 117 Å². The average Bonchev–Trinajstić information content (AvgIpc) is 2.90. The highest BCUT2D eigenvalue weighted by atomic mass is 16.4. The minimum Gasteiger partial charge on any atom is -0.423 e. The second-order valence-corrected chi connectivity index (χ2v) is 5.36. The van der Waals surface area contributed by atoms with Crippen LogP contribution in [-0.4, -0.2) is 21.6 Å². The number of nitrogens with one attached hydrogen (secondary N) is 1. The van der Waals surface area contributed by atoms with Crippen molar-refractivity contribution in [2.45, 2.75) is 32.2 Å². The van der Waals surface area contributed by atoms with Crippen LogP contribution in [0.2, 0.25) is 0 Å². The van der Waals surface area contributed by atoms with Crippen molar-refractivity contribution in [1.82, 2.24) is 10.2 Å². The Balaban J connectivity index is 1.92. The quantitative estimate of drug-likeness (QED) is 0.871. The summed E-state index contributed by atoms with van der Waals surface area (Å²) >= 11 is 0. The first kappa shape index (κ1) is 14.2. The fourth-order valence-electron chi connectivity index (χ4n) is 1.65. The third-order valence-corrected chi connectivity index (χ3v) is 2.77. The molecule has 0 saturated heterocycles. The van der Waals surface area contributed by atoms with Crippen LogP contribution in [0.3, 0.4) is 0 Å². The third kappa shape index (κ3) is 4.17. The van der Waals surface area contributed by atoms with Crippen LogP contribution in [0.1, 0.15) is 26.7 Å². The number of carbonyl (C=O) groups excluding carboxylic acids is 1. The number of carbonyl (C=O) groups is 1. The van der Waals surface area contributed by atoms with Gasteiger partial charge in [0.1, 0.15) is 0 Å². The van der Waals surface area contributed by atoms with Crippen LogP contribution >= 0.6 is 0 Å². The highest BCUT2D eigenvalue weighted by Gasteiger charge is 2.13. The van der Waals surface area contributed by atoms with Crippen LogP contribution in [-0.2, 0) is 4.79 Å². The summed E-state index contributed by atoms with van der Waals surface area (Å²) in [5.41, 5.74) is 7.05. The van der Waals surface area contributed by atoms with Crippen molar-refractivity contribution >= 4 is 11.6 Å². The molecule has 2 aromatic rings. The minimum absolute atomic E-state index is 0.0472. The molecular formula is C14H18N4O2. The number of rotatable bonds is 5. The molecule has 1 heterocycles. The molecule has 0 saturated carbocycles. The maximum absolute atomic E-state index is 11.8.